The number of nitrogens with one attached hydrogen (secondary N) is 2. The smallest absolute Gasteiger partial charge is 0.268 e. The van der Waals surface area contributed by atoms with E-state index in [1.807, 2.05) is 0 Å². The number of piperazine rings is 1. The average molecular weight is 552 g/mol. The molecule has 1 fully saturated rings. The quantitative estimate of drug-likeness (QED) is 0.369. The normalized spacial score (nSPS) is 13.6. The fraction of sp³-hybridized carbons (Fsp3) is 0.222. The highest BCUT2D eigenvalue weighted by atomic mass is 32.2. The van der Waals surface area contributed by atoms with Gasteiger partial charge < -0.3 is 15.7 Å². The van der Waals surface area contributed by atoms with Crippen molar-refractivity contribution in [3.8, 4) is 5.75 Å². The second kappa shape index (κ2) is 12.0. The van der Waals surface area contributed by atoms with Gasteiger partial charge in [-0.05, 0) is 55.5 Å². The fourth-order valence-corrected chi connectivity index (χ4v) is 5.68. The molecule has 3 aromatic carbocycles. The number of hydrogen-bond acceptors (Lipinski definition) is 7. The number of anilines is 2. The Bertz CT molecular complexity index is 1450. The third kappa shape index (κ3) is 6.02. The van der Waals surface area contributed by atoms with Crippen LogP contribution in [0.15, 0.2) is 83.8 Å². The number of carbonyl (C=O) groups is 3. The van der Waals surface area contributed by atoms with Gasteiger partial charge in [0.2, 0.25) is 0 Å². The van der Waals surface area contributed by atoms with E-state index in [1.54, 1.807) is 49.4 Å². The number of sulfonamides is 1. The van der Waals surface area contributed by atoms with E-state index in [0.717, 1.165) is 4.31 Å². The Morgan fingerprint density at radius 2 is 1.67 bits per heavy atom. The van der Waals surface area contributed by atoms with E-state index in [0.29, 0.717) is 18.8 Å². The fourth-order valence-electron chi connectivity index (χ4n) is 4.17. The molecule has 0 atom stereocenters. The van der Waals surface area contributed by atoms with Crippen LogP contribution in [0.3, 0.4) is 0 Å². The number of phenolic OH excluding ortho intramolecular Hbond substituents is 1. The molecule has 0 spiro atoms. The number of aromatic hydroxyl groups is 1. The van der Waals surface area contributed by atoms with Crippen molar-refractivity contribution >= 4 is 39.1 Å². The number of carbonyl (C=O) groups excluding carboxylic acids is 3. The Kier molecular flexibility index (Phi) is 8.47. The first kappa shape index (κ1) is 27.6. The number of para-hydroxylation sites is 3. The summed E-state index contributed by atoms with van der Waals surface area (Å²) in [7, 11) is -4.19. The maximum absolute atomic E-state index is 13.7. The summed E-state index contributed by atoms with van der Waals surface area (Å²) >= 11 is 0. The zero-order chi connectivity index (χ0) is 28.0. The lowest BCUT2D eigenvalue weighted by Crippen LogP contribution is -2.59. The molecule has 3 N–H and O–H groups in total. The van der Waals surface area contributed by atoms with Gasteiger partial charge in [0, 0.05) is 18.7 Å². The lowest BCUT2D eigenvalue weighted by molar-refractivity contribution is -0.164. The van der Waals surface area contributed by atoms with E-state index in [9.17, 15) is 27.9 Å². The topological polar surface area (TPSA) is 139 Å². The zero-order valence-corrected chi connectivity index (χ0v) is 22.1. The second-order valence-corrected chi connectivity index (χ2v) is 10.4. The van der Waals surface area contributed by atoms with E-state index in [2.05, 4.69) is 10.6 Å². The van der Waals surface area contributed by atoms with Crippen LogP contribution < -0.4 is 14.9 Å². The first-order valence-electron chi connectivity index (χ1n) is 12.3. The van der Waals surface area contributed by atoms with Crippen LogP contribution in [0.5, 0.6) is 5.75 Å². The molecule has 11 nitrogen and oxygen atoms in total. The molecule has 3 aromatic rings. The molecule has 4 rings (SSSR count). The van der Waals surface area contributed by atoms with Crippen LogP contribution in [-0.4, -0.2) is 74.0 Å². The monoisotopic (exact) mass is 551 g/mol. The molecule has 1 saturated heterocycles. The third-order valence-electron chi connectivity index (χ3n) is 6.09. The number of hydrazine groups is 1. The highest BCUT2D eigenvalue weighted by Gasteiger charge is 2.29. The summed E-state index contributed by atoms with van der Waals surface area (Å²) in [5.41, 5.74) is 0.548. The second-order valence-electron chi connectivity index (χ2n) is 8.60. The number of phenols is 1. The minimum atomic E-state index is -4.19. The van der Waals surface area contributed by atoms with Gasteiger partial charge in [-0.25, -0.2) is 17.7 Å². The summed E-state index contributed by atoms with van der Waals surface area (Å²) in [6.07, 6.45) is 0. The van der Waals surface area contributed by atoms with Crippen molar-refractivity contribution in [1.29, 1.82) is 0 Å². The van der Waals surface area contributed by atoms with Crippen LogP contribution >= 0.6 is 0 Å². The van der Waals surface area contributed by atoms with Gasteiger partial charge >= 0.3 is 0 Å². The van der Waals surface area contributed by atoms with Gasteiger partial charge in [0.25, 0.3) is 27.7 Å². The molecule has 39 heavy (non-hydrogen) atoms. The molecule has 1 aliphatic heterocycles. The Morgan fingerprint density at radius 3 is 2.31 bits per heavy atom. The predicted molar refractivity (Wildman–Crippen MR) is 145 cm³/mol. The zero-order valence-electron chi connectivity index (χ0n) is 21.3. The summed E-state index contributed by atoms with van der Waals surface area (Å²) in [6.45, 7) is 2.71. The molecule has 204 valence electrons. The molecular formula is C27H29N5O6S. The maximum atomic E-state index is 13.7. The van der Waals surface area contributed by atoms with Crippen molar-refractivity contribution in [2.75, 3.05) is 37.0 Å². The van der Waals surface area contributed by atoms with Crippen LogP contribution in [0.4, 0.5) is 11.4 Å². The number of nitrogens with zero attached hydrogens (tertiary/aromatic N) is 3. The minimum absolute atomic E-state index is 0.0764. The van der Waals surface area contributed by atoms with Gasteiger partial charge in [-0.2, -0.15) is 0 Å². The van der Waals surface area contributed by atoms with Crippen molar-refractivity contribution in [3.63, 3.8) is 0 Å². The number of likely N-dealkylation sites (N-methyl/N-ethyl adjacent to an activating group) is 1. The summed E-state index contributed by atoms with van der Waals surface area (Å²) in [6, 6.07) is 19.7. The van der Waals surface area contributed by atoms with Crippen molar-refractivity contribution in [1.82, 2.24) is 20.7 Å². The minimum Gasteiger partial charge on any atom is -0.506 e. The number of rotatable bonds is 9. The number of amides is 3. The van der Waals surface area contributed by atoms with Gasteiger partial charge in [0.05, 0.1) is 35.9 Å². The first-order chi connectivity index (χ1) is 18.7. The summed E-state index contributed by atoms with van der Waals surface area (Å²) < 4.78 is 28.4. The molecule has 3 amide bonds. The van der Waals surface area contributed by atoms with Gasteiger partial charge in [-0.15, -0.1) is 0 Å². The Hall–Kier alpha value is -4.42. The molecule has 1 heterocycles. The van der Waals surface area contributed by atoms with Crippen molar-refractivity contribution in [3.05, 3.63) is 84.4 Å². The number of benzene rings is 3. The van der Waals surface area contributed by atoms with Crippen molar-refractivity contribution in [2.24, 2.45) is 0 Å². The SMILES string of the molecule is CCN(C(=O)CNC(=O)c1ccc(S(=O)(=O)N(c2ccccc2)c2ccccc2O)cc1)N1CCNCC1=O. The lowest BCUT2D eigenvalue weighted by Gasteiger charge is -2.36. The van der Waals surface area contributed by atoms with Crippen LogP contribution in [-0.2, 0) is 19.6 Å². The molecule has 0 bridgehead atoms. The average Bonchev–Trinajstić information content (AvgIpc) is 2.95. The van der Waals surface area contributed by atoms with E-state index in [1.165, 1.54) is 46.4 Å². The van der Waals surface area contributed by atoms with E-state index >= 15 is 0 Å². The van der Waals surface area contributed by atoms with Gasteiger partial charge in [0.15, 0.2) is 0 Å². The highest BCUT2D eigenvalue weighted by molar-refractivity contribution is 7.93. The van der Waals surface area contributed by atoms with Gasteiger partial charge in [-0.1, -0.05) is 30.3 Å². The maximum Gasteiger partial charge on any atom is 0.268 e. The van der Waals surface area contributed by atoms with E-state index in [-0.39, 0.29) is 47.4 Å². The van der Waals surface area contributed by atoms with Crippen molar-refractivity contribution in [2.45, 2.75) is 11.8 Å². The number of hydrogen-bond donors (Lipinski definition) is 3. The summed E-state index contributed by atoms with van der Waals surface area (Å²) in [4.78, 5) is 37.5. The lowest BCUT2D eigenvalue weighted by atomic mass is 10.2. The molecule has 0 aliphatic carbocycles. The standard InChI is InChI=1S/C27H29N5O6S/c1-2-30(31-17-16-28-18-25(31)34)26(35)19-29-27(36)20-12-14-22(15-13-20)39(37,38)32(21-8-4-3-5-9-21)23-10-6-7-11-24(23)33/h3-15,28,33H,2,16-19H2,1H3,(H,29,36). The summed E-state index contributed by atoms with van der Waals surface area (Å²) in [5.74, 6) is -1.46. The molecule has 0 unspecified atom stereocenters. The molecule has 1 aliphatic rings. The third-order valence-corrected chi connectivity index (χ3v) is 7.85. The van der Waals surface area contributed by atoms with Crippen LogP contribution in [0.1, 0.15) is 17.3 Å². The molecule has 12 heteroatoms. The van der Waals surface area contributed by atoms with Gasteiger partial charge in [-0.3, -0.25) is 19.4 Å². The van der Waals surface area contributed by atoms with Crippen LogP contribution in [0.2, 0.25) is 0 Å². The van der Waals surface area contributed by atoms with Gasteiger partial charge in [0.1, 0.15) is 5.75 Å². The van der Waals surface area contributed by atoms with Crippen LogP contribution in [0, 0.1) is 0 Å². The predicted octanol–water partition coefficient (Wildman–Crippen LogP) is 1.84. The molecular weight excluding hydrogens is 522 g/mol. The largest absolute Gasteiger partial charge is 0.506 e. The molecule has 0 radical (unpaired) electrons. The summed E-state index contributed by atoms with van der Waals surface area (Å²) in [5, 5.41) is 18.6. The van der Waals surface area contributed by atoms with E-state index in [4.69, 9.17) is 0 Å². The van der Waals surface area contributed by atoms with E-state index < -0.39 is 21.8 Å². The van der Waals surface area contributed by atoms with Crippen LogP contribution in [0.25, 0.3) is 0 Å². The Labute approximate surface area is 226 Å². The Balaban J connectivity index is 1.50. The van der Waals surface area contributed by atoms with Crippen molar-refractivity contribution < 1.29 is 27.9 Å². The Morgan fingerprint density at radius 1 is 1.00 bits per heavy atom. The first-order valence-corrected chi connectivity index (χ1v) is 13.8. The highest BCUT2D eigenvalue weighted by Crippen LogP contribution is 2.37. The molecule has 0 saturated carbocycles. The molecule has 0 aromatic heterocycles.